The maximum absolute atomic E-state index is 12.8. The van der Waals surface area contributed by atoms with Gasteiger partial charge in [0.05, 0.1) is 20.6 Å². The summed E-state index contributed by atoms with van der Waals surface area (Å²) < 4.78 is 10.6. The number of benzene rings is 1. The summed E-state index contributed by atoms with van der Waals surface area (Å²) >= 11 is 0. The lowest BCUT2D eigenvalue weighted by molar-refractivity contribution is -0.139. The highest BCUT2D eigenvalue weighted by Crippen LogP contribution is 2.27. The van der Waals surface area contributed by atoms with Gasteiger partial charge in [0.2, 0.25) is 5.91 Å². The maximum Gasteiger partial charge on any atom is 0.303 e. The molecule has 0 aliphatic carbocycles. The molecule has 1 fully saturated rings. The summed E-state index contributed by atoms with van der Waals surface area (Å²) in [6.45, 7) is 0.690. The molecule has 0 saturated carbocycles. The molecule has 1 atom stereocenters. The van der Waals surface area contributed by atoms with Crippen LogP contribution in [0.5, 0.6) is 11.5 Å². The Morgan fingerprint density at radius 3 is 2.71 bits per heavy atom. The third-order valence-electron chi connectivity index (χ3n) is 4.47. The van der Waals surface area contributed by atoms with Crippen LogP contribution in [0.15, 0.2) is 18.2 Å². The largest absolute Gasteiger partial charge is 0.497 e. The van der Waals surface area contributed by atoms with Crippen molar-refractivity contribution in [2.24, 2.45) is 0 Å². The molecule has 1 unspecified atom stereocenters. The van der Waals surface area contributed by atoms with Gasteiger partial charge in [0, 0.05) is 24.6 Å². The Bertz CT molecular complexity index is 587. The molecule has 1 aliphatic heterocycles. The number of carbonyl (C=O) groups excluding carboxylic acids is 1. The second kappa shape index (κ2) is 8.57. The lowest BCUT2D eigenvalue weighted by atomic mass is 9.97. The quantitative estimate of drug-likeness (QED) is 0.828. The predicted molar refractivity (Wildman–Crippen MR) is 89.5 cm³/mol. The fraction of sp³-hybridized carbons (Fsp3) is 0.556. The number of carboxylic acids is 1. The molecule has 1 aromatic rings. The van der Waals surface area contributed by atoms with E-state index in [4.69, 9.17) is 14.6 Å². The van der Waals surface area contributed by atoms with Crippen LogP contribution in [0.2, 0.25) is 0 Å². The third kappa shape index (κ3) is 4.63. The summed E-state index contributed by atoms with van der Waals surface area (Å²) in [4.78, 5) is 25.4. The Hall–Kier alpha value is -2.24. The lowest BCUT2D eigenvalue weighted by Crippen LogP contribution is -2.44. The fourth-order valence-corrected chi connectivity index (χ4v) is 3.20. The smallest absolute Gasteiger partial charge is 0.303 e. The average Bonchev–Trinajstić information content (AvgIpc) is 2.60. The van der Waals surface area contributed by atoms with E-state index in [1.54, 1.807) is 26.4 Å². The van der Waals surface area contributed by atoms with E-state index in [1.807, 2.05) is 11.0 Å². The Balaban J connectivity index is 2.10. The van der Waals surface area contributed by atoms with Gasteiger partial charge >= 0.3 is 5.97 Å². The van der Waals surface area contributed by atoms with Crippen LogP contribution >= 0.6 is 0 Å². The second-order valence-electron chi connectivity index (χ2n) is 6.02. The summed E-state index contributed by atoms with van der Waals surface area (Å²) in [5.74, 6) is 0.530. The maximum atomic E-state index is 12.8. The molecular formula is C18H25NO5. The van der Waals surface area contributed by atoms with E-state index in [1.165, 1.54) is 0 Å². The van der Waals surface area contributed by atoms with Crippen LogP contribution in [0, 0.1) is 0 Å². The van der Waals surface area contributed by atoms with E-state index >= 15 is 0 Å². The molecule has 1 N–H and O–H groups in total. The van der Waals surface area contributed by atoms with Crippen molar-refractivity contribution in [2.45, 2.75) is 44.6 Å². The second-order valence-corrected chi connectivity index (χ2v) is 6.02. The number of likely N-dealkylation sites (tertiary alicyclic amines) is 1. The molecule has 1 amide bonds. The van der Waals surface area contributed by atoms with Crippen molar-refractivity contribution in [1.82, 2.24) is 4.90 Å². The van der Waals surface area contributed by atoms with Crippen molar-refractivity contribution in [3.05, 3.63) is 23.8 Å². The van der Waals surface area contributed by atoms with Crippen molar-refractivity contribution in [3.63, 3.8) is 0 Å². The molecule has 1 heterocycles. The number of nitrogens with zero attached hydrogens (tertiary/aromatic N) is 1. The van der Waals surface area contributed by atoms with Crippen molar-refractivity contribution in [2.75, 3.05) is 20.8 Å². The van der Waals surface area contributed by atoms with E-state index < -0.39 is 5.97 Å². The van der Waals surface area contributed by atoms with Crippen LogP contribution in [-0.2, 0) is 16.0 Å². The minimum Gasteiger partial charge on any atom is -0.497 e. The molecule has 2 rings (SSSR count). The van der Waals surface area contributed by atoms with E-state index in [2.05, 4.69) is 0 Å². The van der Waals surface area contributed by atoms with Crippen LogP contribution in [0.4, 0.5) is 0 Å². The fourth-order valence-electron chi connectivity index (χ4n) is 3.20. The zero-order valence-corrected chi connectivity index (χ0v) is 14.3. The first kappa shape index (κ1) is 18.1. The van der Waals surface area contributed by atoms with Gasteiger partial charge in [0.25, 0.3) is 0 Å². The molecule has 0 bridgehead atoms. The Morgan fingerprint density at radius 1 is 1.25 bits per heavy atom. The number of hydrogen-bond donors (Lipinski definition) is 1. The third-order valence-corrected chi connectivity index (χ3v) is 4.47. The summed E-state index contributed by atoms with van der Waals surface area (Å²) in [6, 6.07) is 5.41. The minimum atomic E-state index is -0.817. The highest BCUT2D eigenvalue weighted by atomic mass is 16.5. The van der Waals surface area contributed by atoms with E-state index in [0.29, 0.717) is 24.5 Å². The number of ether oxygens (including phenoxy) is 2. The molecule has 132 valence electrons. The number of amides is 1. The van der Waals surface area contributed by atoms with Crippen molar-refractivity contribution < 1.29 is 24.2 Å². The van der Waals surface area contributed by atoms with E-state index in [0.717, 1.165) is 24.8 Å². The Kier molecular flexibility index (Phi) is 6.46. The molecule has 6 nitrogen and oxygen atoms in total. The Labute approximate surface area is 142 Å². The molecule has 1 aromatic carbocycles. The SMILES string of the molecule is COc1ccc(OC)c(CC(=O)N2CCCCC2CCC(=O)O)c1. The van der Waals surface area contributed by atoms with Crippen LogP contribution in [0.25, 0.3) is 0 Å². The van der Waals surface area contributed by atoms with Gasteiger partial charge in [-0.3, -0.25) is 9.59 Å². The summed E-state index contributed by atoms with van der Waals surface area (Å²) in [6.07, 6.45) is 3.70. The first-order valence-corrected chi connectivity index (χ1v) is 8.27. The highest BCUT2D eigenvalue weighted by molar-refractivity contribution is 5.80. The number of rotatable bonds is 7. The monoisotopic (exact) mass is 335 g/mol. The van der Waals surface area contributed by atoms with Crippen LogP contribution in [-0.4, -0.2) is 48.7 Å². The molecular weight excluding hydrogens is 310 g/mol. The highest BCUT2D eigenvalue weighted by Gasteiger charge is 2.27. The molecule has 0 radical (unpaired) electrons. The topological polar surface area (TPSA) is 76.1 Å². The molecule has 1 aliphatic rings. The number of carboxylic acid groups (broad SMARTS) is 1. The van der Waals surface area contributed by atoms with E-state index in [-0.39, 0.29) is 24.8 Å². The minimum absolute atomic E-state index is 0.0108. The molecule has 1 saturated heterocycles. The van der Waals surface area contributed by atoms with Crippen LogP contribution in [0.3, 0.4) is 0 Å². The normalized spacial score (nSPS) is 17.4. The summed E-state index contributed by atoms with van der Waals surface area (Å²) in [7, 11) is 3.16. The van der Waals surface area contributed by atoms with Gasteiger partial charge in [-0.25, -0.2) is 0 Å². The first-order valence-electron chi connectivity index (χ1n) is 8.27. The Morgan fingerprint density at radius 2 is 2.04 bits per heavy atom. The molecule has 24 heavy (non-hydrogen) atoms. The number of aliphatic carboxylic acids is 1. The number of methoxy groups -OCH3 is 2. The van der Waals surface area contributed by atoms with Crippen molar-refractivity contribution in [3.8, 4) is 11.5 Å². The zero-order valence-electron chi connectivity index (χ0n) is 14.3. The van der Waals surface area contributed by atoms with Crippen molar-refractivity contribution in [1.29, 1.82) is 0 Å². The lowest BCUT2D eigenvalue weighted by Gasteiger charge is -2.36. The van der Waals surface area contributed by atoms with Gasteiger partial charge in [-0.15, -0.1) is 0 Å². The summed E-state index contributed by atoms with van der Waals surface area (Å²) in [5, 5.41) is 8.90. The number of hydrogen-bond acceptors (Lipinski definition) is 4. The van der Waals surface area contributed by atoms with Gasteiger partial charge in [-0.1, -0.05) is 0 Å². The van der Waals surface area contributed by atoms with Crippen LogP contribution < -0.4 is 9.47 Å². The van der Waals surface area contributed by atoms with E-state index in [9.17, 15) is 9.59 Å². The first-order chi connectivity index (χ1) is 11.5. The number of piperidine rings is 1. The van der Waals surface area contributed by atoms with Gasteiger partial charge in [0.1, 0.15) is 11.5 Å². The van der Waals surface area contributed by atoms with Gasteiger partial charge in [-0.2, -0.15) is 0 Å². The predicted octanol–water partition coefficient (Wildman–Crippen LogP) is 2.49. The molecule has 0 aromatic heterocycles. The zero-order chi connectivity index (χ0) is 17.5. The van der Waals surface area contributed by atoms with Crippen molar-refractivity contribution >= 4 is 11.9 Å². The summed E-state index contributed by atoms with van der Waals surface area (Å²) in [5.41, 5.74) is 0.782. The van der Waals surface area contributed by atoms with Gasteiger partial charge in [0.15, 0.2) is 0 Å². The standard InChI is InChI=1S/C18H25NO5/c1-23-15-7-8-16(24-2)13(11-15)12-17(20)19-10-4-3-5-14(19)6-9-18(21)22/h7-8,11,14H,3-6,9-10,12H2,1-2H3,(H,21,22). The van der Waals surface area contributed by atoms with Gasteiger partial charge in [-0.05, 0) is 43.9 Å². The average molecular weight is 335 g/mol. The van der Waals surface area contributed by atoms with Crippen LogP contribution in [0.1, 0.15) is 37.7 Å². The van der Waals surface area contributed by atoms with Gasteiger partial charge < -0.3 is 19.5 Å². The molecule has 6 heteroatoms. The molecule has 0 spiro atoms. The number of carbonyl (C=O) groups is 2.